The van der Waals surface area contributed by atoms with Crippen molar-refractivity contribution >= 4 is 29.1 Å². The van der Waals surface area contributed by atoms with Gasteiger partial charge in [0.05, 0.1) is 11.6 Å². The second-order valence-electron chi connectivity index (χ2n) is 11.8. The topological polar surface area (TPSA) is 190 Å². The Hall–Kier alpha value is -4.48. The molecular weight excluding hydrogens is 542 g/mol. The second-order valence-corrected chi connectivity index (χ2v) is 11.8. The first-order valence-electron chi connectivity index (χ1n) is 13.8. The smallest absolute Gasteiger partial charge is 0.255 e. The molecule has 7 N–H and O–H groups in total. The van der Waals surface area contributed by atoms with E-state index in [9.17, 15) is 39.6 Å². The first kappa shape index (κ1) is 27.7. The third kappa shape index (κ3) is 3.95. The zero-order chi connectivity index (χ0) is 30.2. The number of aliphatic hydroxyl groups is 3. The maximum absolute atomic E-state index is 13.9. The Morgan fingerprint density at radius 1 is 1.02 bits per heavy atom. The number of aliphatic hydroxyl groups excluding tert-OH is 2. The number of hydrogen-bond acceptors (Lipinski definition) is 9. The van der Waals surface area contributed by atoms with Crippen molar-refractivity contribution < 1.29 is 39.6 Å². The molecule has 4 aliphatic carbocycles. The molecule has 0 unspecified atom stereocenters. The van der Waals surface area contributed by atoms with E-state index in [1.807, 2.05) is 0 Å². The van der Waals surface area contributed by atoms with Crippen LogP contribution in [0.15, 0.2) is 59.1 Å². The third-order valence-electron chi connectivity index (χ3n) is 9.02. The van der Waals surface area contributed by atoms with Gasteiger partial charge in [0.25, 0.3) is 5.91 Å². The van der Waals surface area contributed by atoms with Crippen LogP contribution in [0.2, 0.25) is 0 Å². The first-order chi connectivity index (χ1) is 19.9. The molecule has 2 aromatic rings. The van der Waals surface area contributed by atoms with Crippen LogP contribution in [0, 0.1) is 17.8 Å². The van der Waals surface area contributed by atoms with Gasteiger partial charge >= 0.3 is 0 Å². The molecular formula is C31H31N3O8. The fourth-order valence-electron chi connectivity index (χ4n) is 6.84. The maximum atomic E-state index is 13.9. The van der Waals surface area contributed by atoms with E-state index in [0.717, 1.165) is 18.4 Å². The normalized spacial score (nSPS) is 27.0. The molecule has 42 heavy (non-hydrogen) atoms. The summed E-state index contributed by atoms with van der Waals surface area (Å²) in [7, 11) is 3.17. The van der Waals surface area contributed by atoms with Gasteiger partial charge in [0, 0.05) is 23.1 Å². The number of fused-ring (bicyclic) bond motifs is 3. The van der Waals surface area contributed by atoms with E-state index in [4.69, 9.17) is 5.73 Å². The van der Waals surface area contributed by atoms with E-state index in [1.165, 1.54) is 11.0 Å². The van der Waals surface area contributed by atoms with Crippen LogP contribution in [0.1, 0.15) is 35.2 Å². The lowest BCUT2D eigenvalue weighted by Crippen LogP contribution is -2.63. The molecule has 0 saturated heterocycles. The number of ketones is 2. The van der Waals surface area contributed by atoms with E-state index >= 15 is 0 Å². The number of aromatic hydroxyl groups is 1. The van der Waals surface area contributed by atoms with Gasteiger partial charge in [0.1, 0.15) is 22.8 Å². The Labute approximate surface area is 240 Å². The number of likely N-dealkylation sites (N-methyl/N-ethyl adjacent to an activating group) is 1. The summed E-state index contributed by atoms with van der Waals surface area (Å²) in [6, 6.07) is 9.13. The Bertz CT molecular complexity index is 1640. The Kier molecular flexibility index (Phi) is 6.28. The number of hydrogen-bond donors (Lipinski definition) is 6. The third-order valence-corrected chi connectivity index (χ3v) is 9.02. The van der Waals surface area contributed by atoms with E-state index in [2.05, 4.69) is 5.32 Å². The molecule has 11 nitrogen and oxygen atoms in total. The lowest BCUT2D eigenvalue weighted by molar-refractivity contribution is -0.148. The van der Waals surface area contributed by atoms with Gasteiger partial charge in [-0.2, -0.15) is 0 Å². The molecule has 0 heterocycles. The average molecular weight is 574 g/mol. The zero-order valence-electron chi connectivity index (χ0n) is 23.0. The molecule has 0 aliphatic heterocycles. The lowest BCUT2D eigenvalue weighted by Gasteiger charge is -2.50. The Morgan fingerprint density at radius 3 is 2.29 bits per heavy atom. The number of nitrogens with one attached hydrogen (secondary N) is 1. The fraction of sp³-hybridized carbons (Fsp3) is 0.355. The molecule has 0 radical (unpaired) electrons. The van der Waals surface area contributed by atoms with Crippen LogP contribution in [-0.2, 0) is 20.8 Å². The highest BCUT2D eigenvalue weighted by molar-refractivity contribution is 6.25. The van der Waals surface area contributed by atoms with Gasteiger partial charge in [-0.25, -0.2) is 0 Å². The van der Waals surface area contributed by atoms with Crippen molar-refractivity contribution in [1.82, 2.24) is 4.90 Å². The number of rotatable bonds is 5. The zero-order valence-corrected chi connectivity index (χ0v) is 23.0. The van der Waals surface area contributed by atoms with Gasteiger partial charge in [-0.05, 0) is 80.6 Å². The molecule has 1 saturated carbocycles. The van der Waals surface area contributed by atoms with Crippen molar-refractivity contribution in [3.05, 3.63) is 70.2 Å². The largest absolute Gasteiger partial charge is 0.510 e. The summed E-state index contributed by atoms with van der Waals surface area (Å²) >= 11 is 0. The number of anilines is 1. The highest BCUT2D eigenvalue weighted by Crippen LogP contribution is 2.53. The molecule has 6 rings (SSSR count). The average Bonchev–Trinajstić information content (AvgIpc) is 3.77. The van der Waals surface area contributed by atoms with Crippen molar-refractivity contribution in [2.45, 2.75) is 37.3 Å². The summed E-state index contributed by atoms with van der Waals surface area (Å²) < 4.78 is 0. The summed E-state index contributed by atoms with van der Waals surface area (Å²) in [5.74, 6) is -6.86. The van der Waals surface area contributed by atoms with Gasteiger partial charge in [0.2, 0.25) is 11.7 Å². The number of amides is 2. The number of allylic oxidation sites excluding steroid dienone is 1. The molecule has 0 aromatic heterocycles. The van der Waals surface area contributed by atoms with Crippen LogP contribution in [0.5, 0.6) is 5.75 Å². The minimum absolute atomic E-state index is 0.00694. The Balaban J connectivity index is 1.44. The van der Waals surface area contributed by atoms with E-state index < -0.39 is 58.0 Å². The molecule has 1 fully saturated rings. The molecule has 4 aliphatic rings. The number of primary amides is 1. The minimum atomic E-state index is -2.68. The van der Waals surface area contributed by atoms with Crippen molar-refractivity contribution in [2.24, 2.45) is 23.5 Å². The number of nitrogens with zero attached hydrogens (tertiary/aromatic N) is 1. The number of nitrogens with two attached hydrogens (primary N) is 1. The molecule has 0 bridgehead atoms. The number of carbonyl (C=O) groups is 4. The number of carbonyl (C=O) groups excluding carboxylic acids is 4. The van der Waals surface area contributed by atoms with E-state index in [1.54, 1.807) is 44.4 Å². The molecule has 4 atom stereocenters. The number of phenols is 1. The first-order valence-corrected chi connectivity index (χ1v) is 13.8. The highest BCUT2D eigenvalue weighted by atomic mass is 16.3. The lowest BCUT2D eigenvalue weighted by atomic mass is 9.58. The quantitative estimate of drug-likeness (QED) is 0.291. The summed E-state index contributed by atoms with van der Waals surface area (Å²) in [5.41, 5.74) is 4.16. The van der Waals surface area contributed by atoms with Gasteiger partial charge in [-0.3, -0.25) is 24.1 Å². The van der Waals surface area contributed by atoms with Crippen molar-refractivity contribution in [2.75, 3.05) is 19.4 Å². The number of phenolic OH excluding ortho intramolecular Hbond substituents is 1. The van der Waals surface area contributed by atoms with E-state index in [-0.39, 0.29) is 41.6 Å². The summed E-state index contributed by atoms with van der Waals surface area (Å²) in [6.07, 6.45) is 1.95. The van der Waals surface area contributed by atoms with Gasteiger partial charge < -0.3 is 31.5 Å². The van der Waals surface area contributed by atoms with Crippen LogP contribution in [0.4, 0.5) is 5.69 Å². The van der Waals surface area contributed by atoms with Gasteiger partial charge in [-0.1, -0.05) is 18.2 Å². The summed E-state index contributed by atoms with van der Waals surface area (Å²) in [5, 5.41) is 47.7. The van der Waals surface area contributed by atoms with Crippen molar-refractivity contribution in [3.63, 3.8) is 0 Å². The molecule has 218 valence electrons. The second kappa shape index (κ2) is 9.53. The maximum Gasteiger partial charge on any atom is 0.255 e. The van der Waals surface area contributed by atoms with Gasteiger partial charge in [0.15, 0.2) is 11.4 Å². The highest BCUT2D eigenvalue weighted by Gasteiger charge is 2.63. The number of Topliss-reactive ketones (excluding diaryl/α,β-unsaturated/α-hetero) is 2. The van der Waals surface area contributed by atoms with Gasteiger partial charge in [-0.15, -0.1) is 0 Å². The molecule has 0 spiro atoms. The van der Waals surface area contributed by atoms with Crippen LogP contribution in [-0.4, -0.2) is 74.4 Å². The standard InChI is InChI=1S/C31H31N3O8/c1-34(2)24-19-12-15-11-18-17(13-5-7-16(8-6-13)33-30(41)14-3-4-14)9-10-20(35)22(18)25(36)21(15)27(38)31(19,42)28(39)23(26(24)37)29(32)40/h5-10,14-15,19,24,35,37-38,42H,3-4,11-12H2,1-2H3,(H2,32,40)(H,33,41)/t15-,19-,24+,31-/m0/s1. The van der Waals surface area contributed by atoms with Crippen molar-refractivity contribution in [3.8, 4) is 16.9 Å². The predicted molar refractivity (Wildman–Crippen MR) is 150 cm³/mol. The summed E-state index contributed by atoms with van der Waals surface area (Å²) in [4.78, 5) is 53.1. The Morgan fingerprint density at radius 2 is 1.69 bits per heavy atom. The van der Waals surface area contributed by atoms with E-state index in [0.29, 0.717) is 16.8 Å². The minimum Gasteiger partial charge on any atom is -0.510 e. The van der Waals surface area contributed by atoms with Crippen LogP contribution in [0.3, 0.4) is 0 Å². The van der Waals surface area contributed by atoms with Crippen LogP contribution < -0.4 is 11.1 Å². The van der Waals surface area contributed by atoms with Crippen molar-refractivity contribution in [1.29, 1.82) is 0 Å². The molecule has 11 heteroatoms. The SMILES string of the molecule is CN(C)[C@H]1C(O)=C(C(N)=O)C(=O)[C@@]2(O)C(O)=C3C(=O)c4c(O)ccc(-c5ccc(NC(=O)C6CC6)cc5)c4C[C@H]3C[C@@H]12. The van der Waals surface area contributed by atoms with Crippen LogP contribution >= 0.6 is 0 Å². The summed E-state index contributed by atoms with van der Waals surface area (Å²) in [6.45, 7) is 0. The predicted octanol–water partition coefficient (Wildman–Crippen LogP) is 2.14. The fourth-order valence-corrected chi connectivity index (χ4v) is 6.84. The number of benzene rings is 2. The monoisotopic (exact) mass is 573 g/mol. The molecule has 2 amide bonds. The van der Waals surface area contributed by atoms with Crippen LogP contribution in [0.25, 0.3) is 11.1 Å². The molecule has 2 aromatic carbocycles.